The molecule has 7 heteroatoms. The molecular formula is C12H16N4O2S. The van der Waals surface area contributed by atoms with Crippen LogP contribution in [0.15, 0.2) is 28.1 Å². The van der Waals surface area contributed by atoms with Crippen molar-refractivity contribution >= 4 is 17.2 Å². The van der Waals surface area contributed by atoms with E-state index in [4.69, 9.17) is 10.4 Å². The minimum Gasteiger partial charge on any atom is -0.359 e. The van der Waals surface area contributed by atoms with Crippen LogP contribution in [0.1, 0.15) is 28.0 Å². The van der Waals surface area contributed by atoms with E-state index in [1.165, 1.54) is 4.88 Å². The maximum Gasteiger partial charge on any atom is 0.287 e. The van der Waals surface area contributed by atoms with Gasteiger partial charge in [0.15, 0.2) is 11.5 Å². The molecule has 102 valence electrons. The molecular weight excluding hydrogens is 264 g/mol. The molecule has 0 unspecified atom stereocenters. The summed E-state index contributed by atoms with van der Waals surface area (Å²) in [6, 6.07) is 5.74. The molecule has 2 heterocycles. The van der Waals surface area contributed by atoms with Crippen LogP contribution in [-0.4, -0.2) is 22.5 Å². The summed E-state index contributed by atoms with van der Waals surface area (Å²) in [4.78, 5) is 14.8. The van der Waals surface area contributed by atoms with E-state index < -0.39 is 5.91 Å². The molecule has 1 amide bonds. The number of aromatic nitrogens is 1. The Bertz CT molecular complexity index is 524. The van der Waals surface area contributed by atoms with Gasteiger partial charge < -0.3 is 4.52 Å². The highest BCUT2D eigenvalue weighted by Gasteiger charge is 2.13. The largest absolute Gasteiger partial charge is 0.359 e. The summed E-state index contributed by atoms with van der Waals surface area (Å²) >= 11 is 1.72. The van der Waals surface area contributed by atoms with E-state index in [1.807, 2.05) is 11.5 Å². The number of rotatable bonds is 6. The van der Waals surface area contributed by atoms with Crippen LogP contribution in [0.4, 0.5) is 0 Å². The second-order valence-electron chi connectivity index (χ2n) is 4.03. The fourth-order valence-corrected chi connectivity index (χ4v) is 2.44. The number of amides is 1. The first-order valence-electron chi connectivity index (χ1n) is 5.94. The molecule has 0 atom stereocenters. The molecule has 0 radical (unpaired) electrons. The molecule has 0 fully saturated rings. The third-order valence-electron chi connectivity index (χ3n) is 2.71. The number of nitrogens with one attached hydrogen (secondary N) is 1. The highest BCUT2D eigenvalue weighted by molar-refractivity contribution is 7.09. The van der Waals surface area contributed by atoms with Crippen molar-refractivity contribution in [3.05, 3.63) is 39.9 Å². The standard InChI is InChI=1S/C12H16N4O2S/c1-2-16(8-10-4-3-5-19-10)7-9-6-11(15-18-9)12(17)14-13/h3-6H,2,7-8,13H2,1H3,(H,14,17). The molecule has 0 aliphatic heterocycles. The molecule has 0 bridgehead atoms. The van der Waals surface area contributed by atoms with Crippen LogP contribution in [0, 0.1) is 0 Å². The van der Waals surface area contributed by atoms with Gasteiger partial charge in [0, 0.05) is 17.5 Å². The predicted octanol–water partition coefficient (Wildman–Crippen LogP) is 1.36. The zero-order valence-corrected chi connectivity index (χ0v) is 11.4. The first-order valence-corrected chi connectivity index (χ1v) is 6.82. The summed E-state index contributed by atoms with van der Waals surface area (Å²) in [6.45, 7) is 4.43. The van der Waals surface area contributed by atoms with E-state index in [0.29, 0.717) is 12.3 Å². The predicted molar refractivity (Wildman–Crippen MR) is 72.3 cm³/mol. The van der Waals surface area contributed by atoms with E-state index in [1.54, 1.807) is 17.4 Å². The molecule has 0 saturated heterocycles. The number of hydrazine groups is 1. The van der Waals surface area contributed by atoms with Crippen LogP contribution in [0.3, 0.4) is 0 Å². The zero-order valence-electron chi connectivity index (χ0n) is 10.6. The van der Waals surface area contributed by atoms with E-state index in [2.05, 4.69) is 28.4 Å². The van der Waals surface area contributed by atoms with Gasteiger partial charge in [-0.05, 0) is 18.0 Å². The van der Waals surface area contributed by atoms with E-state index in [-0.39, 0.29) is 5.69 Å². The number of nitrogens with zero attached hydrogens (tertiary/aromatic N) is 2. The molecule has 6 nitrogen and oxygen atoms in total. The molecule has 0 aliphatic carbocycles. The van der Waals surface area contributed by atoms with Gasteiger partial charge in [0.25, 0.3) is 5.91 Å². The first-order chi connectivity index (χ1) is 9.22. The highest BCUT2D eigenvalue weighted by Crippen LogP contribution is 2.14. The van der Waals surface area contributed by atoms with Gasteiger partial charge in [-0.1, -0.05) is 18.1 Å². The normalized spacial score (nSPS) is 10.9. The third kappa shape index (κ3) is 3.63. The quantitative estimate of drug-likeness (QED) is 0.474. The molecule has 0 spiro atoms. The van der Waals surface area contributed by atoms with Crippen molar-refractivity contribution < 1.29 is 9.32 Å². The summed E-state index contributed by atoms with van der Waals surface area (Å²) < 4.78 is 5.13. The number of nitrogen functional groups attached to an aromatic ring is 1. The zero-order chi connectivity index (χ0) is 13.7. The topological polar surface area (TPSA) is 84.4 Å². The van der Waals surface area contributed by atoms with Crippen LogP contribution >= 0.6 is 11.3 Å². The molecule has 2 rings (SSSR count). The Balaban J connectivity index is 1.98. The van der Waals surface area contributed by atoms with Crippen molar-refractivity contribution in [3.63, 3.8) is 0 Å². The van der Waals surface area contributed by atoms with Crippen LogP contribution < -0.4 is 11.3 Å². The minimum absolute atomic E-state index is 0.199. The average molecular weight is 280 g/mol. The number of hydrogen-bond donors (Lipinski definition) is 2. The lowest BCUT2D eigenvalue weighted by Crippen LogP contribution is -2.30. The summed E-state index contributed by atoms with van der Waals surface area (Å²) in [5, 5.41) is 5.74. The van der Waals surface area contributed by atoms with E-state index >= 15 is 0 Å². The second kappa shape index (κ2) is 6.46. The Hall–Kier alpha value is -1.70. The maximum atomic E-state index is 11.3. The van der Waals surface area contributed by atoms with Gasteiger partial charge in [0.1, 0.15) is 0 Å². The van der Waals surface area contributed by atoms with E-state index in [0.717, 1.165) is 13.1 Å². The fraction of sp³-hybridized carbons (Fsp3) is 0.333. The number of carbonyl (C=O) groups excluding carboxylic acids is 1. The minimum atomic E-state index is -0.448. The Morgan fingerprint density at radius 2 is 2.42 bits per heavy atom. The van der Waals surface area contributed by atoms with Crippen LogP contribution in [0.2, 0.25) is 0 Å². The van der Waals surface area contributed by atoms with Crippen molar-refractivity contribution in [2.45, 2.75) is 20.0 Å². The third-order valence-corrected chi connectivity index (χ3v) is 3.57. The SMILES string of the molecule is CCN(Cc1cc(C(=O)NN)no1)Cc1cccs1. The Labute approximate surface area is 115 Å². The molecule has 0 aromatic carbocycles. The lowest BCUT2D eigenvalue weighted by molar-refractivity contribution is 0.0944. The number of nitrogens with two attached hydrogens (primary N) is 1. The van der Waals surface area contributed by atoms with Crippen LogP contribution in [0.25, 0.3) is 0 Å². The number of carbonyl (C=O) groups is 1. The second-order valence-corrected chi connectivity index (χ2v) is 5.07. The Kier molecular flexibility index (Phi) is 4.67. The van der Waals surface area contributed by atoms with Gasteiger partial charge >= 0.3 is 0 Å². The van der Waals surface area contributed by atoms with Crippen molar-refractivity contribution in [2.24, 2.45) is 5.84 Å². The van der Waals surface area contributed by atoms with Gasteiger partial charge in [0.05, 0.1) is 6.54 Å². The van der Waals surface area contributed by atoms with Gasteiger partial charge in [0.2, 0.25) is 0 Å². The van der Waals surface area contributed by atoms with Crippen molar-refractivity contribution in [2.75, 3.05) is 6.54 Å². The highest BCUT2D eigenvalue weighted by atomic mass is 32.1. The van der Waals surface area contributed by atoms with Crippen LogP contribution in [0.5, 0.6) is 0 Å². The molecule has 19 heavy (non-hydrogen) atoms. The van der Waals surface area contributed by atoms with Crippen molar-refractivity contribution in [3.8, 4) is 0 Å². The van der Waals surface area contributed by atoms with Gasteiger partial charge in [-0.3, -0.25) is 15.1 Å². The van der Waals surface area contributed by atoms with Crippen molar-refractivity contribution in [1.82, 2.24) is 15.5 Å². The van der Waals surface area contributed by atoms with E-state index in [9.17, 15) is 4.79 Å². The summed E-state index contributed by atoms with van der Waals surface area (Å²) in [5.74, 6) is 5.24. The maximum absolute atomic E-state index is 11.3. The lowest BCUT2D eigenvalue weighted by atomic mass is 10.3. The lowest BCUT2D eigenvalue weighted by Gasteiger charge is -2.17. The van der Waals surface area contributed by atoms with Crippen LogP contribution in [-0.2, 0) is 13.1 Å². The average Bonchev–Trinajstić information content (AvgIpc) is 3.08. The molecule has 2 aromatic heterocycles. The number of hydrogen-bond acceptors (Lipinski definition) is 6. The monoisotopic (exact) mass is 280 g/mol. The molecule has 3 N–H and O–H groups in total. The summed E-state index contributed by atoms with van der Waals surface area (Å²) in [5.41, 5.74) is 2.22. The Morgan fingerprint density at radius 3 is 3.05 bits per heavy atom. The van der Waals surface area contributed by atoms with Crippen molar-refractivity contribution in [1.29, 1.82) is 0 Å². The summed E-state index contributed by atoms with van der Waals surface area (Å²) in [7, 11) is 0. The Morgan fingerprint density at radius 1 is 1.58 bits per heavy atom. The van der Waals surface area contributed by atoms with Gasteiger partial charge in [-0.25, -0.2) is 5.84 Å². The first kappa shape index (κ1) is 13.7. The number of thiophene rings is 1. The molecule has 0 saturated carbocycles. The summed E-state index contributed by atoms with van der Waals surface area (Å²) in [6.07, 6.45) is 0. The smallest absolute Gasteiger partial charge is 0.287 e. The van der Waals surface area contributed by atoms with Gasteiger partial charge in [-0.2, -0.15) is 0 Å². The van der Waals surface area contributed by atoms with Gasteiger partial charge in [-0.15, -0.1) is 11.3 Å². The fourth-order valence-electron chi connectivity index (χ4n) is 1.69. The molecule has 0 aliphatic rings. The molecule has 2 aromatic rings.